The first kappa shape index (κ1) is 22.2. The fraction of sp³-hybridized carbons (Fsp3) is 0.174. The summed E-state index contributed by atoms with van der Waals surface area (Å²) in [7, 11) is 0. The van der Waals surface area contributed by atoms with Crippen LogP contribution >= 0.6 is 23.4 Å². The molecule has 5 rings (SSSR count). The predicted octanol–water partition coefficient (Wildman–Crippen LogP) is 6.37. The van der Waals surface area contributed by atoms with E-state index >= 15 is 0 Å². The van der Waals surface area contributed by atoms with Crippen LogP contribution in [0, 0.1) is 10.1 Å². The highest BCUT2D eigenvalue weighted by Gasteiger charge is 2.28. The maximum atomic E-state index is 11.0. The molecule has 34 heavy (non-hydrogen) atoms. The van der Waals surface area contributed by atoms with Gasteiger partial charge in [0.25, 0.3) is 5.69 Å². The average molecular weight is 496 g/mol. The standard InChI is InChI=1S/C23H18ClN5O4S/c1-2-11-34-23-26-22-20(27-28-23)15-5-3-4-6-17(15)25-21(33-22)19-10-9-18(32-19)14-8-7-13(29(30)31)12-16(14)24/h3-10,12,21,25H,2,11H2,1H3/t21-/m0/s1. The van der Waals surface area contributed by atoms with Gasteiger partial charge in [0.2, 0.25) is 17.3 Å². The van der Waals surface area contributed by atoms with E-state index < -0.39 is 11.2 Å². The summed E-state index contributed by atoms with van der Waals surface area (Å²) in [4.78, 5) is 15.1. The summed E-state index contributed by atoms with van der Waals surface area (Å²) in [6.45, 7) is 2.09. The van der Waals surface area contributed by atoms with Crippen molar-refractivity contribution in [1.29, 1.82) is 0 Å². The minimum Gasteiger partial charge on any atom is -0.455 e. The molecule has 0 saturated carbocycles. The Kier molecular flexibility index (Phi) is 6.08. The van der Waals surface area contributed by atoms with E-state index in [-0.39, 0.29) is 10.7 Å². The van der Waals surface area contributed by atoms with E-state index in [1.165, 1.54) is 23.9 Å². The molecule has 0 fully saturated rings. The van der Waals surface area contributed by atoms with Crippen LogP contribution in [0.5, 0.6) is 5.88 Å². The fourth-order valence-corrected chi connectivity index (χ4v) is 4.39. The smallest absolute Gasteiger partial charge is 0.270 e. The zero-order valence-corrected chi connectivity index (χ0v) is 19.5. The second-order valence-electron chi connectivity index (χ2n) is 7.41. The first-order valence-corrected chi connectivity index (χ1v) is 11.8. The molecule has 11 heteroatoms. The van der Waals surface area contributed by atoms with Crippen LogP contribution in [0.3, 0.4) is 0 Å². The highest BCUT2D eigenvalue weighted by atomic mass is 35.5. The molecule has 2 aromatic heterocycles. The lowest BCUT2D eigenvalue weighted by atomic mass is 10.1. The largest absolute Gasteiger partial charge is 0.455 e. The minimum absolute atomic E-state index is 0.0913. The van der Waals surface area contributed by atoms with Crippen molar-refractivity contribution in [3.8, 4) is 28.5 Å². The number of para-hydroxylation sites is 1. The van der Waals surface area contributed by atoms with Crippen molar-refractivity contribution in [3.63, 3.8) is 0 Å². The third kappa shape index (κ3) is 4.29. The van der Waals surface area contributed by atoms with Gasteiger partial charge in [0.1, 0.15) is 5.76 Å². The number of non-ortho nitro benzene ring substituents is 1. The monoisotopic (exact) mass is 495 g/mol. The Labute approximate surface area is 203 Å². The summed E-state index contributed by atoms with van der Waals surface area (Å²) < 4.78 is 12.3. The number of hydrogen-bond acceptors (Lipinski definition) is 9. The summed E-state index contributed by atoms with van der Waals surface area (Å²) in [6, 6.07) is 15.4. The number of fused-ring (bicyclic) bond motifs is 3. The summed E-state index contributed by atoms with van der Waals surface area (Å²) in [5.74, 6) is 2.16. The Bertz CT molecular complexity index is 1380. The Morgan fingerprint density at radius 3 is 2.79 bits per heavy atom. The predicted molar refractivity (Wildman–Crippen MR) is 129 cm³/mol. The second kappa shape index (κ2) is 9.32. The number of nitrogens with zero attached hydrogens (tertiary/aromatic N) is 4. The third-order valence-corrected chi connectivity index (χ3v) is 6.44. The lowest BCUT2D eigenvalue weighted by Gasteiger charge is -2.16. The van der Waals surface area contributed by atoms with Crippen LogP contribution in [0.25, 0.3) is 22.6 Å². The number of rotatable bonds is 6. The van der Waals surface area contributed by atoms with Crippen LogP contribution in [0.2, 0.25) is 5.02 Å². The SMILES string of the molecule is CCCSc1nnc2c(n1)O[C@@H](c1ccc(-c3ccc([N+](=O)[O-])cc3Cl)o1)Nc1ccccc1-2. The summed E-state index contributed by atoms with van der Waals surface area (Å²) in [6.07, 6.45) is 0.285. The van der Waals surface area contributed by atoms with Gasteiger partial charge >= 0.3 is 0 Å². The van der Waals surface area contributed by atoms with Gasteiger partial charge in [-0.3, -0.25) is 10.1 Å². The number of thioether (sulfide) groups is 1. The van der Waals surface area contributed by atoms with Gasteiger partial charge in [0.05, 0.1) is 9.95 Å². The number of benzene rings is 2. The lowest BCUT2D eigenvalue weighted by molar-refractivity contribution is -0.384. The highest BCUT2D eigenvalue weighted by Crippen LogP contribution is 2.41. The molecule has 3 heterocycles. The molecular weight excluding hydrogens is 478 g/mol. The van der Waals surface area contributed by atoms with Gasteiger partial charge < -0.3 is 14.5 Å². The molecule has 1 aliphatic rings. The van der Waals surface area contributed by atoms with Gasteiger partial charge in [-0.15, -0.1) is 10.2 Å². The fourth-order valence-electron chi connectivity index (χ4n) is 3.49. The number of anilines is 1. The molecule has 1 aliphatic heterocycles. The Hall–Kier alpha value is -3.63. The van der Waals surface area contributed by atoms with Crippen LogP contribution < -0.4 is 10.1 Å². The number of halogens is 1. The van der Waals surface area contributed by atoms with E-state index in [9.17, 15) is 10.1 Å². The molecule has 1 atom stereocenters. The van der Waals surface area contributed by atoms with Gasteiger partial charge in [0, 0.05) is 34.7 Å². The Morgan fingerprint density at radius 2 is 2.00 bits per heavy atom. The molecule has 0 amide bonds. The quantitative estimate of drug-likeness (QED) is 0.185. The first-order chi connectivity index (χ1) is 16.5. The lowest BCUT2D eigenvalue weighted by Crippen LogP contribution is -2.16. The summed E-state index contributed by atoms with van der Waals surface area (Å²) in [5.41, 5.74) is 2.60. The number of nitro benzene ring substituents is 1. The topological polar surface area (TPSA) is 116 Å². The van der Waals surface area contributed by atoms with Crippen LogP contribution in [0.1, 0.15) is 25.3 Å². The second-order valence-corrected chi connectivity index (χ2v) is 8.88. The van der Waals surface area contributed by atoms with Crippen molar-refractivity contribution in [2.45, 2.75) is 24.7 Å². The van der Waals surface area contributed by atoms with Gasteiger partial charge in [-0.25, -0.2) is 0 Å². The summed E-state index contributed by atoms with van der Waals surface area (Å²) in [5, 5.41) is 23.7. The molecule has 4 aromatic rings. The number of furan rings is 1. The number of hydrogen-bond donors (Lipinski definition) is 1. The van der Waals surface area contributed by atoms with Crippen LogP contribution in [-0.2, 0) is 0 Å². The molecule has 9 nitrogen and oxygen atoms in total. The molecule has 1 N–H and O–H groups in total. The van der Waals surface area contributed by atoms with Crippen LogP contribution in [0.4, 0.5) is 11.4 Å². The van der Waals surface area contributed by atoms with E-state index in [1.807, 2.05) is 24.3 Å². The zero-order chi connectivity index (χ0) is 23.7. The maximum absolute atomic E-state index is 11.0. The van der Waals surface area contributed by atoms with Crippen molar-refractivity contribution in [3.05, 3.63) is 75.5 Å². The molecule has 0 bridgehead atoms. The average Bonchev–Trinajstić information content (AvgIpc) is 3.26. The number of ether oxygens (including phenoxy) is 1. The maximum Gasteiger partial charge on any atom is 0.270 e. The van der Waals surface area contributed by atoms with Crippen molar-refractivity contribution >= 4 is 34.7 Å². The molecule has 0 unspecified atom stereocenters. The van der Waals surface area contributed by atoms with Crippen molar-refractivity contribution in [1.82, 2.24) is 15.2 Å². The summed E-state index contributed by atoms with van der Waals surface area (Å²) >= 11 is 7.80. The van der Waals surface area contributed by atoms with E-state index in [2.05, 4.69) is 27.4 Å². The molecule has 0 radical (unpaired) electrons. The molecule has 0 saturated heterocycles. The van der Waals surface area contributed by atoms with E-state index in [4.69, 9.17) is 20.8 Å². The molecule has 172 valence electrons. The molecular formula is C23H18ClN5O4S. The van der Waals surface area contributed by atoms with Crippen LogP contribution in [0.15, 0.2) is 64.2 Å². The van der Waals surface area contributed by atoms with Gasteiger partial charge in [-0.2, -0.15) is 4.98 Å². The van der Waals surface area contributed by atoms with Gasteiger partial charge in [-0.1, -0.05) is 48.5 Å². The normalized spacial score (nSPS) is 14.4. The molecule has 0 aliphatic carbocycles. The van der Waals surface area contributed by atoms with Gasteiger partial charge in [-0.05, 0) is 30.7 Å². The minimum atomic E-state index is -0.700. The zero-order valence-electron chi connectivity index (χ0n) is 17.9. The number of nitro groups is 1. The first-order valence-electron chi connectivity index (χ1n) is 10.5. The third-order valence-electron chi connectivity index (χ3n) is 5.08. The van der Waals surface area contributed by atoms with E-state index in [0.29, 0.717) is 33.8 Å². The van der Waals surface area contributed by atoms with Crippen molar-refractivity contribution in [2.24, 2.45) is 0 Å². The Balaban J connectivity index is 1.51. The number of aromatic nitrogens is 3. The highest BCUT2D eigenvalue weighted by molar-refractivity contribution is 7.99. The van der Waals surface area contributed by atoms with Crippen molar-refractivity contribution < 1.29 is 14.1 Å². The molecule has 2 aromatic carbocycles. The number of nitrogens with one attached hydrogen (secondary N) is 1. The van der Waals surface area contributed by atoms with Crippen LogP contribution in [-0.4, -0.2) is 25.9 Å². The Morgan fingerprint density at radius 1 is 1.15 bits per heavy atom. The molecule has 0 spiro atoms. The van der Waals surface area contributed by atoms with E-state index in [1.54, 1.807) is 18.2 Å². The van der Waals surface area contributed by atoms with Gasteiger partial charge in [0.15, 0.2) is 11.5 Å². The van der Waals surface area contributed by atoms with E-state index in [0.717, 1.165) is 23.4 Å². The van der Waals surface area contributed by atoms with Crippen molar-refractivity contribution in [2.75, 3.05) is 11.1 Å².